The van der Waals surface area contributed by atoms with Crippen molar-refractivity contribution >= 4 is 12.2 Å². The lowest BCUT2D eigenvalue weighted by Gasteiger charge is -2.01. The molecule has 0 aliphatic heterocycles. The van der Waals surface area contributed by atoms with Crippen molar-refractivity contribution in [1.29, 1.82) is 0 Å². The number of hydrogen-bond acceptors (Lipinski definition) is 3. The topological polar surface area (TPSA) is 81.3 Å². The fourth-order valence-electron chi connectivity index (χ4n) is 0.703. The summed E-state index contributed by atoms with van der Waals surface area (Å²) in [5.74, 6) is 0.238. The van der Waals surface area contributed by atoms with Gasteiger partial charge < -0.3 is 4.90 Å². The SMILES string of the molecule is CN(C)/C=N/c1cc(=O)[nH]c(=O)[nH]1. The Hall–Kier alpha value is -1.85. The molecule has 70 valence electrons. The predicted octanol–water partition coefficient (Wildman–Crippen LogP) is -0.715. The summed E-state index contributed by atoms with van der Waals surface area (Å²) in [6, 6.07) is 1.21. The molecule has 0 aliphatic rings. The fourth-order valence-corrected chi connectivity index (χ4v) is 0.703. The third-order valence-electron chi connectivity index (χ3n) is 1.17. The van der Waals surface area contributed by atoms with E-state index in [2.05, 4.69) is 9.98 Å². The normalized spacial score (nSPS) is 10.6. The number of aromatic amines is 2. The second kappa shape index (κ2) is 3.70. The van der Waals surface area contributed by atoms with E-state index in [0.29, 0.717) is 0 Å². The predicted molar refractivity (Wildman–Crippen MR) is 49.5 cm³/mol. The minimum absolute atomic E-state index is 0.238. The van der Waals surface area contributed by atoms with Gasteiger partial charge >= 0.3 is 5.69 Å². The highest BCUT2D eigenvalue weighted by atomic mass is 16.2. The highest BCUT2D eigenvalue weighted by Crippen LogP contribution is 1.96. The fraction of sp³-hybridized carbons (Fsp3) is 0.286. The number of H-pyrrole nitrogens is 2. The summed E-state index contributed by atoms with van der Waals surface area (Å²) in [5.41, 5.74) is -1.02. The molecule has 1 heterocycles. The number of hydrogen-bond donors (Lipinski definition) is 2. The van der Waals surface area contributed by atoms with E-state index in [0.717, 1.165) is 0 Å². The molecule has 1 aromatic rings. The molecular weight excluding hydrogens is 172 g/mol. The summed E-state index contributed by atoms with van der Waals surface area (Å²) in [6.07, 6.45) is 1.49. The van der Waals surface area contributed by atoms with Crippen molar-refractivity contribution in [3.05, 3.63) is 26.9 Å². The summed E-state index contributed by atoms with van der Waals surface area (Å²) in [5, 5.41) is 0. The Kier molecular flexibility index (Phi) is 2.63. The first kappa shape index (κ1) is 9.24. The van der Waals surface area contributed by atoms with Crippen LogP contribution in [0, 0.1) is 0 Å². The molecule has 0 saturated carbocycles. The molecule has 0 bridgehead atoms. The molecule has 0 fully saturated rings. The summed E-state index contributed by atoms with van der Waals surface area (Å²) in [7, 11) is 3.57. The quantitative estimate of drug-likeness (QED) is 0.468. The van der Waals surface area contributed by atoms with Crippen molar-refractivity contribution in [3.8, 4) is 0 Å². The highest BCUT2D eigenvalue weighted by Gasteiger charge is 1.92. The van der Waals surface area contributed by atoms with E-state index in [1.54, 1.807) is 19.0 Å². The van der Waals surface area contributed by atoms with E-state index in [1.807, 2.05) is 4.98 Å². The largest absolute Gasteiger partial charge is 0.369 e. The van der Waals surface area contributed by atoms with Crippen LogP contribution in [0.1, 0.15) is 0 Å². The molecule has 6 heteroatoms. The zero-order valence-electron chi connectivity index (χ0n) is 7.37. The van der Waals surface area contributed by atoms with Gasteiger partial charge in [0, 0.05) is 20.2 Å². The lowest BCUT2D eigenvalue weighted by molar-refractivity contribution is 0.643. The number of nitrogens with one attached hydrogen (secondary N) is 2. The van der Waals surface area contributed by atoms with E-state index in [4.69, 9.17) is 0 Å². The zero-order chi connectivity index (χ0) is 9.84. The molecule has 6 nitrogen and oxygen atoms in total. The third-order valence-corrected chi connectivity index (χ3v) is 1.17. The molecule has 0 amide bonds. The van der Waals surface area contributed by atoms with Gasteiger partial charge in [-0.15, -0.1) is 0 Å². The van der Waals surface area contributed by atoms with Gasteiger partial charge in [-0.2, -0.15) is 0 Å². The summed E-state index contributed by atoms with van der Waals surface area (Å²) >= 11 is 0. The molecule has 0 unspecified atom stereocenters. The van der Waals surface area contributed by atoms with Gasteiger partial charge in [0.1, 0.15) is 5.82 Å². The van der Waals surface area contributed by atoms with E-state index >= 15 is 0 Å². The Morgan fingerprint density at radius 1 is 1.38 bits per heavy atom. The lowest BCUT2D eigenvalue weighted by atomic mass is 10.6. The standard InChI is InChI=1S/C7H10N4O2/c1-11(2)4-8-5-3-6(12)10-7(13)9-5/h3-4H,1-2H3,(H2,9,10,12,13)/b8-4+. The Balaban J connectivity index is 3.03. The van der Waals surface area contributed by atoms with Crippen molar-refractivity contribution in [3.63, 3.8) is 0 Å². The first-order valence-electron chi connectivity index (χ1n) is 3.62. The Bertz CT molecular complexity index is 387. The van der Waals surface area contributed by atoms with Crippen molar-refractivity contribution in [2.24, 2.45) is 4.99 Å². The molecule has 0 aromatic carbocycles. The van der Waals surface area contributed by atoms with E-state index in [-0.39, 0.29) is 5.82 Å². The molecule has 0 atom stereocenters. The van der Waals surface area contributed by atoms with Gasteiger partial charge in [-0.3, -0.25) is 14.8 Å². The third kappa shape index (κ3) is 2.94. The van der Waals surface area contributed by atoms with Crippen LogP contribution in [0.5, 0.6) is 0 Å². The van der Waals surface area contributed by atoms with E-state index < -0.39 is 11.2 Å². The smallest absolute Gasteiger partial charge is 0.327 e. The Morgan fingerprint density at radius 3 is 2.62 bits per heavy atom. The average molecular weight is 182 g/mol. The van der Waals surface area contributed by atoms with Crippen LogP contribution in [0.4, 0.5) is 5.82 Å². The molecule has 0 saturated heterocycles. The maximum atomic E-state index is 10.8. The molecule has 1 aromatic heterocycles. The number of rotatable bonds is 2. The van der Waals surface area contributed by atoms with Crippen molar-refractivity contribution in [1.82, 2.24) is 14.9 Å². The molecule has 2 N–H and O–H groups in total. The molecule has 13 heavy (non-hydrogen) atoms. The van der Waals surface area contributed by atoms with Gasteiger partial charge in [-0.1, -0.05) is 0 Å². The number of aromatic nitrogens is 2. The van der Waals surface area contributed by atoms with Crippen LogP contribution >= 0.6 is 0 Å². The molecular formula is C7H10N4O2. The number of aliphatic imine (C=N–C) groups is 1. The van der Waals surface area contributed by atoms with Gasteiger partial charge in [-0.25, -0.2) is 9.79 Å². The van der Waals surface area contributed by atoms with Gasteiger partial charge in [0.25, 0.3) is 5.56 Å². The zero-order valence-corrected chi connectivity index (χ0v) is 7.37. The maximum Gasteiger partial charge on any atom is 0.327 e. The van der Waals surface area contributed by atoms with Crippen LogP contribution in [0.3, 0.4) is 0 Å². The minimum atomic E-state index is -0.557. The van der Waals surface area contributed by atoms with Gasteiger partial charge in [0.15, 0.2) is 0 Å². The van der Waals surface area contributed by atoms with Crippen LogP contribution in [0.25, 0.3) is 0 Å². The first-order valence-corrected chi connectivity index (χ1v) is 3.62. The first-order chi connectivity index (χ1) is 6.08. The summed E-state index contributed by atoms with van der Waals surface area (Å²) < 4.78 is 0. The molecule has 1 rings (SSSR count). The minimum Gasteiger partial charge on any atom is -0.369 e. The second-order valence-corrected chi connectivity index (χ2v) is 2.68. The van der Waals surface area contributed by atoms with Crippen molar-refractivity contribution < 1.29 is 0 Å². The average Bonchev–Trinajstić information content (AvgIpc) is 1.99. The van der Waals surface area contributed by atoms with Crippen LogP contribution in [-0.4, -0.2) is 35.3 Å². The van der Waals surface area contributed by atoms with Crippen LogP contribution in [-0.2, 0) is 0 Å². The summed E-state index contributed by atoms with van der Waals surface area (Å²) in [6.45, 7) is 0. The molecule has 0 aliphatic carbocycles. The Labute approximate surface area is 73.9 Å². The monoisotopic (exact) mass is 182 g/mol. The van der Waals surface area contributed by atoms with Crippen LogP contribution in [0.2, 0.25) is 0 Å². The maximum absolute atomic E-state index is 10.8. The van der Waals surface area contributed by atoms with E-state index in [9.17, 15) is 9.59 Å². The van der Waals surface area contributed by atoms with E-state index in [1.165, 1.54) is 12.4 Å². The van der Waals surface area contributed by atoms with Gasteiger partial charge in [-0.05, 0) is 0 Å². The Morgan fingerprint density at radius 2 is 2.08 bits per heavy atom. The number of nitrogens with zero attached hydrogens (tertiary/aromatic N) is 2. The van der Waals surface area contributed by atoms with Crippen molar-refractivity contribution in [2.45, 2.75) is 0 Å². The molecule has 0 spiro atoms. The van der Waals surface area contributed by atoms with Gasteiger partial charge in [0.05, 0.1) is 6.34 Å². The summed E-state index contributed by atoms with van der Waals surface area (Å²) in [4.78, 5) is 31.5. The van der Waals surface area contributed by atoms with Crippen LogP contribution < -0.4 is 11.2 Å². The van der Waals surface area contributed by atoms with Gasteiger partial charge in [0.2, 0.25) is 0 Å². The second-order valence-electron chi connectivity index (χ2n) is 2.68. The highest BCUT2D eigenvalue weighted by molar-refractivity contribution is 5.58. The van der Waals surface area contributed by atoms with Crippen molar-refractivity contribution in [2.75, 3.05) is 14.1 Å². The molecule has 0 radical (unpaired) electrons. The lowest BCUT2D eigenvalue weighted by Crippen LogP contribution is -2.20. The van der Waals surface area contributed by atoms with Crippen LogP contribution in [0.15, 0.2) is 20.6 Å².